The van der Waals surface area contributed by atoms with E-state index in [2.05, 4.69) is 46.5 Å². The van der Waals surface area contributed by atoms with Crippen LogP contribution in [-0.4, -0.2) is 42.0 Å². The van der Waals surface area contributed by atoms with Crippen LogP contribution < -0.4 is 19.7 Å². The third kappa shape index (κ3) is 3.97. The fraction of sp³-hybridized carbons (Fsp3) is 0.320. The lowest BCUT2D eigenvalue weighted by Crippen LogP contribution is -2.16. The third-order valence-corrected chi connectivity index (χ3v) is 6.30. The van der Waals surface area contributed by atoms with Crippen molar-refractivity contribution >= 4 is 17.1 Å². The van der Waals surface area contributed by atoms with E-state index < -0.39 is 6.29 Å². The number of hydrogen-bond donors (Lipinski definition) is 3. The van der Waals surface area contributed by atoms with E-state index in [1.807, 2.05) is 12.1 Å². The first-order valence-electron chi connectivity index (χ1n) is 10.9. The molecular formula is C25H27N3O4. The summed E-state index contributed by atoms with van der Waals surface area (Å²) in [5.41, 5.74) is 5.98. The Morgan fingerprint density at radius 2 is 1.84 bits per heavy atom. The second kappa shape index (κ2) is 8.68. The number of benzene rings is 2. The van der Waals surface area contributed by atoms with Crippen LogP contribution in [-0.2, 0) is 6.42 Å². The summed E-state index contributed by atoms with van der Waals surface area (Å²) in [6.45, 7) is 1.88. The Morgan fingerprint density at radius 1 is 1.06 bits per heavy atom. The minimum atomic E-state index is -1.52. The van der Waals surface area contributed by atoms with E-state index in [1.165, 1.54) is 11.1 Å². The molecule has 7 heteroatoms. The highest BCUT2D eigenvalue weighted by Gasteiger charge is 2.24. The van der Waals surface area contributed by atoms with Gasteiger partial charge in [0.15, 0.2) is 17.8 Å². The van der Waals surface area contributed by atoms with E-state index in [1.54, 1.807) is 18.5 Å². The molecule has 0 saturated carbocycles. The van der Waals surface area contributed by atoms with Gasteiger partial charge in [-0.25, -0.2) is 0 Å². The van der Waals surface area contributed by atoms with Crippen molar-refractivity contribution in [3.8, 4) is 11.5 Å². The van der Waals surface area contributed by atoms with Crippen LogP contribution in [0.1, 0.15) is 35.3 Å². The molecule has 32 heavy (non-hydrogen) atoms. The Labute approximate surface area is 187 Å². The van der Waals surface area contributed by atoms with Crippen LogP contribution in [0, 0.1) is 0 Å². The lowest BCUT2D eigenvalue weighted by atomic mass is 10.0. The number of hydrogen-bond acceptors (Lipinski definition) is 7. The van der Waals surface area contributed by atoms with Crippen molar-refractivity contribution in [1.82, 2.24) is 4.98 Å². The number of anilines is 3. The zero-order valence-electron chi connectivity index (χ0n) is 18.0. The van der Waals surface area contributed by atoms with Crippen molar-refractivity contribution in [2.45, 2.75) is 25.0 Å². The van der Waals surface area contributed by atoms with Crippen molar-refractivity contribution in [1.29, 1.82) is 0 Å². The molecule has 3 aromatic rings. The number of aromatic nitrogens is 1. The van der Waals surface area contributed by atoms with E-state index in [4.69, 9.17) is 9.47 Å². The monoisotopic (exact) mass is 433 g/mol. The van der Waals surface area contributed by atoms with Crippen LogP contribution in [0.4, 0.5) is 17.1 Å². The van der Waals surface area contributed by atoms with Crippen LogP contribution in [0.15, 0.2) is 54.9 Å². The molecule has 0 radical (unpaired) electrons. The fourth-order valence-corrected chi connectivity index (χ4v) is 4.51. The van der Waals surface area contributed by atoms with Gasteiger partial charge in [-0.3, -0.25) is 4.98 Å². The molecule has 0 spiro atoms. The summed E-state index contributed by atoms with van der Waals surface area (Å²) in [4.78, 5) is 6.26. The molecule has 5 rings (SSSR count). The van der Waals surface area contributed by atoms with Gasteiger partial charge in [-0.1, -0.05) is 6.07 Å². The van der Waals surface area contributed by atoms with Crippen LogP contribution in [0.2, 0.25) is 0 Å². The fourth-order valence-electron chi connectivity index (χ4n) is 4.51. The summed E-state index contributed by atoms with van der Waals surface area (Å²) in [6.07, 6.45) is 3.75. The average Bonchev–Trinajstić information content (AvgIpc) is 3.24. The van der Waals surface area contributed by atoms with E-state index in [-0.39, 0.29) is 0 Å². The molecule has 0 fully saturated rings. The van der Waals surface area contributed by atoms with Crippen molar-refractivity contribution in [2.24, 2.45) is 0 Å². The molecule has 2 heterocycles. The van der Waals surface area contributed by atoms with Crippen LogP contribution in [0.3, 0.4) is 0 Å². The second-order valence-electron chi connectivity index (χ2n) is 8.22. The molecule has 0 bridgehead atoms. The Morgan fingerprint density at radius 3 is 2.69 bits per heavy atom. The van der Waals surface area contributed by atoms with Gasteiger partial charge >= 0.3 is 0 Å². The molecule has 1 aromatic heterocycles. The number of nitrogens with zero attached hydrogens (tertiary/aromatic N) is 2. The average molecular weight is 434 g/mol. The van der Waals surface area contributed by atoms with Crippen molar-refractivity contribution in [3.05, 3.63) is 71.5 Å². The van der Waals surface area contributed by atoms with Gasteiger partial charge in [0, 0.05) is 48.7 Å². The number of ether oxygens (including phenoxy) is 2. The van der Waals surface area contributed by atoms with Crippen LogP contribution >= 0.6 is 0 Å². The van der Waals surface area contributed by atoms with Gasteiger partial charge in [-0.15, -0.1) is 0 Å². The topological polar surface area (TPSA) is 87.1 Å². The number of pyridine rings is 1. The lowest BCUT2D eigenvalue weighted by Gasteiger charge is -2.24. The zero-order chi connectivity index (χ0) is 22.1. The van der Waals surface area contributed by atoms with Crippen molar-refractivity contribution in [3.63, 3.8) is 0 Å². The molecule has 1 atom stereocenters. The van der Waals surface area contributed by atoms with E-state index in [9.17, 15) is 10.2 Å². The van der Waals surface area contributed by atoms with Crippen molar-refractivity contribution in [2.75, 3.05) is 37.0 Å². The number of fused-ring (bicyclic) bond motifs is 2. The maximum atomic E-state index is 9.56. The molecule has 7 nitrogen and oxygen atoms in total. The van der Waals surface area contributed by atoms with E-state index >= 15 is 0 Å². The number of aryl methyl sites for hydroxylation is 1. The minimum absolute atomic E-state index is 0.363. The molecule has 166 valence electrons. The SMILES string of the molecule is CN(c1ccc2c(c1)CC[C@H]2CNc1cnccc1C(O)O)c1ccc2c(c1)OCCO2. The van der Waals surface area contributed by atoms with Gasteiger partial charge in [0.1, 0.15) is 13.2 Å². The normalized spacial score (nSPS) is 16.7. The Bertz CT molecular complexity index is 1120. The smallest absolute Gasteiger partial charge is 0.180 e. The summed E-state index contributed by atoms with van der Waals surface area (Å²) in [5.74, 6) is 1.95. The maximum Gasteiger partial charge on any atom is 0.180 e. The molecule has 0 amide bonds. The Hall–Kier alpha value is -3.29. The first-order chi connectivity index (χ1) is 15.6. The number of nitrogens with one attached hydrogen (secondary N) is 1. The highest BCUT2D eigenvalue weighted by molar-refractivity contribution is 5.67. The third-order valence-electron chi connectivity index (χ3n) is 6.30. The van der Waals surface area contributed by atoms with Gasteiger partial charge in [0.05, 0.1) is 11.9 Å². The summed E-state index contributed by atoms with van der Waals surface area (Å²) >= 11 is 0. The van der Waals surface area contributed by atoms with Gasteiger partial charge in [-0.05, 0) is 54.3 Å². The number of rotatable bonds is 6. The predicted molar refractivity (Wildman–Crippen MR) is 123 cm³/mol. The van der Waals surface area contributed by atoms with Gasteiger partial charge in [0.2, 0.25) is 0 Å². The quantitative estimate of drug-likeness (QED) is 0.511. The summed E-state index contributed by atoms with van der Waals surface area (Å²) < 4.78 is 11.4. The number of aliphatic hydroxyl groups is 2. The van der Waals surface area contributed by atoms with Gasteiger partial charge in [0.25, 0.3) is 0 Å². The van der Waals surface area contributed by atoms with E-state index in [0.717, 1.165) is 42.3 Å². The lowest BCUT2D eigenvalue weighted by molar-refractivity contribution is -0.0419. The summed E-state index contributed by atoms with van der Waals surface area (Å²) in [5, 5.41) is 22.5. The molecule has 0 saturated heterocycles. The largest absolute Gasteiger partial charge is 0.486 e. The Kier molecular flexibility index (Phi) is 5.59. The molecule has 2 aromatic carbocycles. The first kappa shape index (κ1) is 20.6. The molecular weight excluding hydrogens is 406 g/mol. The molecule has 0 unspecified atom stereocenters. The Balaban J connectivity index is 1.31. The highest BCUT2D eigenvalue weighted by atomic mass is 16.6. The van der Waals surface area contributed by atoms with Crippen LogP contribution in [0.25, 0.3) is 0 Å². The minimum Gasteiger partial charge on any atom is -0.486 e. The maximum absolute atomic E-state index is 9.56. The number of aliphatic hydroxyl groups excluding tert-OH is 1. The standard InChI is InChI=1S/C25H27N3O4/c1-28(19-5-7-23-24(13-19)32-11-10-31-23)18-4-6-20-16(12-18)2-3-17(20)14-27-22-15-26-9-8-21(22)25(29)30/h4-9,12-13,15,17,25,27,29-30H,2-3,10-11,14H2,1H3/t17-/m0/s1. The zero-order valence-corrected chi connectivity index (χ0v) is 18.0. The molecule has 1 aliphatic carbocycles. The van der Waals surface area contributed by atoms with Gasteiger partial charge < -0.3 is 29.9 Å². The molecule has 1 aliphatic heterocycles. The summed E-state index contributed by atoms with van der Waals surface area (Å²) in [7, 11) is 2.06. The van der Waals surface area contributed by atoms with Crippen molar-refractivity contribution < 1.29 is 19.7 Å². The second-order valence-corrected chi connectivity index (χ2v) is 8.22. The van der Waals surface area contributed by atoms with E-state index in [0.29, 0.717) is 30.4 Å². The summed E-state index contributed by atoms with van der Waals surface area (Å²) in [6, 6.07) is 14.3. The predicted octanol–water partition coefficient (Wildman–Crippen LogP) is 3.75. The first-order valence-corrected chi connectivity index (χ1v) is 10.9. The molecule has 3 N–H and O–H groups in total. The van der Waals surface area contributed by atoms with Gasteiger partial charge in [-0.2, -0.15) is 0 Å². The van der Waals surface area contributed by atoms with Crippen LogP contribution in [0.5, 0.6) is 11.5 Å². The highest BCUT2D eigenvalue weighted by Crippen LogP contribution is 2.39. The molecule has 2 aliphatic rings.